The number of amides is 2. The van der Waals surface area contributed by atoms with E-state index in [1.165, 1.54) is 31.2 Å². The summed E-state index contributed by atoms with van der Waals surface area (Å²) >= 11 is 0. The van der Waals surface area contributed by atoms with Crippen molar-refractivity contribution in [2.24, 2.45) is 0 Å². The van der Waals surface area contributed by atoms with Crippen molar-refractivity contribution in [2.45, 2.75) is 20.0 Å². The fraction of sp³-hybridized carbons (Fsp3) is 0.250. The van der Waals surface area contributed by atoms with Gasteiger partial charge < -0.3 is 20.1 Å². The van der Waals surface area contributed by atoms with Crippen LogP contribution in [0, 0.1) is 10.1 Å². The Morgan fingerprint density at radius 3 is 2.40 bits per heavy atom. The second kappa shape index (κ2) is 10.6. The number of hydrogen-bond donors (Lipinski definition) is 2. The van der Waals surface area contributed by atoms with Crippen molar-refractivity contribution < 1.29 is 28.8 Å². The van der Waals surface area contributed by atoms with Crippen LogP contribution >= 0.6 is 0 Å². The molecule has 0 aromatic heterocycles. The number of rotatable bonds is 9. The molecule has 0 saturated heterocycles. The molecule has 0 aliphatic rings. The van der Waals surface area contributed by atoms with Gasteiger partial charge in [-0.1, -0.05) is 12.1 Å². The van der Waals surface area contributed by atoms with Gasteiger partial charge in [-0.15, -0.1) is 0 Å². The van der Waals surface area contributed by atoms with Gasteiger partial charge in [0.15, 0.2) is 6.10 Å². The number of para-hydroxylation sites is 2. The van der Waals surface area contributed by atoms with Crippen LogP contribution in [0.5, 0.6) is 5.75 Å². The molecule has 0 radical (unpaired) electrons. The Balaban J connectivity index is 1.84. The molecule has 10 nitrogen and oxygen atoms in total. The molecule has 0 unspecified atom stereocenters. The van der Waals surface area contributed by atoms with Gasteiger partial charge in [0, 0.05) is 11.6 Å². The van der Waals surface area contributed by atoms with Crippen LogP contribution in [0.2, 0.25) is 0 Å². The van der Waals surface area contributed by atoms with Crippen molar-refractivity contribution in [1.29, 1.82) is 0 Å². The zero-order valence-corrected chi connectivity index (χ0v) is 16.4. The lowest BCUT2D eigenvalue weighted by Crippen LogP contribution is -2.35. The Kier molecular flexibility index (Phi) is 7.86. The molecule has 1 atom stereocenters. The highest BCUT2D eigenvalue weighted by Gasteiger charge is 2.21. The smallest absolute Gasteiger partial charge is 0.326 e. The number of nitrogens with one attached hydrogen (secondary N) is 2. The summed E-state index contributed by atoms with van der Waals surface area (Å²) in [4.78, 5) is 46.5. The molecule has 0 saturated carbocycles. The van der Waals surface area contributed by atoms with E-state index in [-0.39, 0.29) is 11.4 Å². The van der Waals surface area contributed by atoms with Gasteiger partial charge in [0.05, 0.1) is 11.5 Å². The molecule has 0 heterocycles. The first kappa shape index (κ1) is 22.3. The summed E-state index contributed by atoms with van der Waals surface area (Å²) in [6, 6.07) is 11.9. The van der Waals surface area contributed by atoms with E-state index in [0.717, 1.165) is 0 Å². The van der Waals surface area contributed by atoms with E-state index in [4.69, 9.17) is 9.47 Å². The van der Waals surface area contributed by atoms with Crippen LogP contribution in [0.1, 0.15) is 24.2 Å². The highest BCUT2D eigenvalue weighted by Crippen LogP contribution is 2.23. The Morgan fingerprint density at radius 1 is 1.10 bits per heavy atom. The largest absolute Gasteiger partial charge is 0.494 e. The zero-order chi connectivity index (χ0) is 22.1. The normalized spacial score (nSPS) is 11.1. The minimum atomic E-state index is -1.22. The van der Waals surface area contributed by atoms with E-state index in [0.29, 0.717) is 17.9 Å². The van der Waals surface area contributed by atoms with E-state index >= 15 is 0 Å². The van der Waals surface area contributed by atoms with Gasteiger partial charge in [-0.2, -0.15) is 0 Å². The first-order chi connectivity index (χ1) is 14.3. The molecule has 0 bridgehead atoms. The molecular formula is C20H21N3O7. The summed E-state index contributed by atoms with van der Waals surface area (Å²) in [7, 11) is 0. The second-order valence-electron chi connectivity index (χ2n) is 6.04. The number of nitro benzene ring substituents is 1. The Bertz CT molecular complexity index is 928. The molecular weight excluding hydrogens is 394 g/mol. The monoisotopic (exact) mass is 415 g/mol. The van der Waals surface area contributed by atoms with Crippen LogP contribution in [0.3, 0.4) is 0 Å². The Morgan fingerprint density at radius 2 is 1.77 bits per heavy atom. The second-order valence-corrected chi connectivity index (χ2v) is 6.04. The number of nitrogens with zero attached hydrogens (tertiary/aromatic N) is 1. The van der Waals surface area contributed by atoms with Crippen LogP contribution in [-0.4, -0.2) is 42.0 Å². The van der Waals surface area contributed by atoms with Crippen LogP contribution in [0.25, 0.3) is 0 Å². The van der Waals surface area contributed by atoms with E-state index in [1.54, 1.807) is 24.3 Å². The maximum Gasteiger partial charge on any atom is 0.326 e. The van der Waals surface area contributed by atoms with Crippen LogP contribution in [-0.2, 0) is 14.3 Å². The van der Waals surface area contributed by atoms with Crippen molar-refractivity contribution in [1.82, 2.24) is 5.32 Å². The molecule has 10 heteroatoms. The number of nitro groups is 1. The summed E-state index contributed by atoms with van der Waals surface area (Å²) < 4.78 is 10.3. The highest BCUT2D eigenvalue weighted by molar-refractivity contribution is 5.98. The number of ether oxygens (including phenoxy) is 2. The number of benzene rings is 2. The van der Waals surface area contributed by atoms with Gasteiger partial charge >= 0.3 is 5.97 Å². The highest BCUT2D eigenvalue weighted by atomic mass is 16.6. The predicted molar refractivity (Wildman–Crippen MR) is 107 cm³/mol. The minimum absolute atomic E-state index is 0.0146. The molecule has 0 spiro atoms. The molecule has 2 amide bonds. The topological polar surface area (TPSA) is 137 Å². The van der Waals surface area contributed by atoms with Crippen molar-refractivity contribution >= 4 is 29.2 Å². The average Bonchev–Trinajstić information content (AvgIpc) is 2.73. The third-order valence-corrected chi connectivity index (χ3v) is 3.86. The molecule has 2 N–H and O–H groups in total. The van der Waals surface area contributed by atoms with E-state index < -0.39 is 35.4 Å². The van der Waals surface area contributed by atoms with Gasteiger partial charge in [-0.05, 0) is 44.2 Å². The number of esters is 1. The summed E-state index contributed by atoms with van der Waals surface area (Å²) in [5, 5.41) is 15.7. The van der Waals surface area contributed by atoms with Crippen molar-refractivity contribution in [2.75, 3.05) is 18.5 Å². The van der Waals surface area contributed by atoms with Gasteiger partial charge in [0.2, 0.25) is 0 Å². The number of carbonyl (C=O) groups excluding carboxylic acids is 3. The van der Waals surface area contributed by atoms with E-state index in [2.05, 4.69) is 10.6 Å². The first-order valence-electron chi connectivity index (χ1n) is 9.06. The molecule has 0 aliphatic heterocycles. The van der Waals surface area contributed by atoms with E-state index in [1.807, 2.05) is 6.92 Å². The van der Waals surface area contributed by atoms with Crippen molar-refractivity contribution in [3.05, 3.63) is 64.2 Å². The fourth-order valence-electron chi connectivity index (χ4n) is 2.39. The predicted octanol–water partition coefficient (Wildman–Crippen LogP) is 2.29. The van der Waals surface area contributed by atoms with Gasteiger partial charge in [0.25, 0.3) is 17.5 Å². The lowest BCUT2D eigenvalue weighted by molar-refractivity contribution is -0.383. The third-order valence-electron chi connectivity index (χ3n) is 3.86. The van der Waals surface area contributed by atoms with Crippen molar-refractivity contribution in [3.63, 3.8) is 0 Å². The van der Waals surface area contributed by atoms with Gasteiger partial charge in [-0.25, -0.2) is 0 Å². The Labute approximate surface area is 172 Å². The molecule has 2 aromatic carbocycles. The zero-order valence-electron chi connectivity index (χ0n) is 16.4. The third kappa shape index (κ3) is 6.30. The SMILES string of the molecule is CCOc1ccc(C(=O)NCC(=O)O[C@@H](C)C(=O)Nc2ccccc2[N+](=O)[O-])cc1. The first-order valence-corrected chi connectivity index (χ1v) is 9.06. The van der Waals surface area contributed by atoms with Crippen LogP contribution in [0.4, 0.5) is 11.4 Å². The van der Waals surface area contributed by atoms with Gasteiger partial charge in [0.1, 0.15) is 18.0 Å². The standard InChI is InChI=1S/C20H21N3O7/c1-3-29-15-10-8-14(9-11-15)20(26)21-12-18(24)30-13(2)19(25)22-16-6-4-5-7-17(16)23(27)28/h4-11,13H,3,12H2,1-2H3,(H,21,26)(H,22,25)/t13-/m0/s1. The van der Waals surface area contributed by atoms with E-state index in [9.17, 15) is 24.5 Å². The van der Waals surface area contributed by atoms with Crippen molar-refractivity contribution in [3.8, 4) is 5.75 Å². The van der Waals surface area contributed by atoms with Crippen LogP contribution in [0.15, 0.2) is 48.5 Å². The number of hydrogen-bond acceptors (Lipinski definition) is 7. The minimum Gasteiger partial charge on any atom is -0.494 e. The lowest BCUT2D eigenvalue weighted by Gasteiger charge is -2.14. The molecule has 158 valence electrons. The van der Waals surface area contributed by atoms with Crippen LogP contribution < -0.4 is 15.4 Å². The quantitative estimate of drug-likeness (QED) is 0.364. The Hall–Kier alpha value is -3.95. The molecule has 2 aromatic rings. The molecule has 0 fully saturated rings. The summed E-state index contributed by atoms with van der Waals surface area (Å²) in [5.74, 6) is -1.45. The molecule has 2 rings (SSSR count). The maximum atomic E-state index is 12.2. The summed E-state index contributed by atoms with van der Waals surface area (Å²) in [6.07, 6.45) is -1.22. The summed E-state index contributed by atoms with van der Waals surface area (Å²) in [6.45, 7) is 3.21. The maximum absolute atomic E-state index is 12.2. The lowest BCUT2D eigenvalue weighted by atomic mass is 10.2. The fourth-order valence-corrected chi connectivity index (χ4v) is 2.39. The van der Waals surface area contributed by atoms with Gasteiger partial charge in [-0.3, -0.25) is 24.5 Å². The number of carbonyl (C=O) groups is 3. The summed E-state index contributed by atoms with van der Waals surface area (Å²) in [5.41, 5.74) is 0.0274. The molecule has 30 heavy (non-hydrogen) atoms. The molecule has 0 aliphatic carbocycles. The number of anilines is 1. The average molecular weight is 415 g/mol.